The van der Waals surface area contributed by atoms with Crippen LogP contribution in [0.1, 0.15) is 88.2 Å². The van der Waals surface area contributed by atoms with Crippen LogP contribution in [0.5, 0.6) is 5.75 Å². The number of carbonyl (C=O) groups excluding carboxylic acids is 3. The van der Waals surface area contributed by atoms with Crippen molar-refractivity contribution in [2.45, 2.75) is 102 Å². The summed E-state index contributed by atoms with van der Waals surface area (Å²) in [6.07, 6.45) is 12.6. The molecule has 2 aliphatic carbocycles. The first kappa shape index (κ1) is 33.1. The zero-order valence-electron chi connectivity index (χ0n) is 26.9. The number of esters is 1. The molecule has 1 heterocycles. The lowest BCUT2D eigenvalue weighted by molar-refractivity contribution is -0.145. The lowest BCUT2D eigenvalue weighted by Gasteiger charge is -2.42. The highest BCUT2D eigenvalue weighted by Crippen LogP contribution is 2.32. The summed E-state index contributed by atoms with van der Waals surface area (Å²) >= 11 is 0. The molecule has 0 atom stereocenters. The van der Waals surface area contributed by atoms with Gasteiger partial charge in [0.1, 0.15) is 18.9 Å². The molecular formula is C35H47N5O6. The Kier molecular flexibility index (Phi) is 11.7. The van der Waals surface area contributed by atoms with E-state index < -0.39 is 12.1 Å². The van der Waals surface area contributed by atoms with E-state index in [1.54, 1.807) is 29.2 Å². The fourth-order valence-electron chi connectivity index (χ4n) is 6.74. The van der Waals surface area contributed by atoms with Crippen molar-refractivity contribution >= 4 is 35.3 Å². The summed E-state index contributed by atoms with van der Waals surface area (Å²) in [5, 5.41) is 2.59. The first-order valence-corrected chi connectivity index (χ1v) is 16.6. The molecule has 0 bridgehead atoms. The molecule has 2 amide bonds. The Hall–Kier alpha value is -4.28. The highest BCUT2D eigenvalue weighted by Gasteiger charge is 2.32. The maximum atomic E-state index is 13.5. The monoisotopic (exact) mass is 633 g/mol. The van der Waals surface area contributed by atoms with E-state index in [9.17, 15) is 14.4 Å². The number of hydrogen-bond acceptors (Lipinski definition) is 9. The van der Waals surface area contributed by atoms with Crippen molar-refractivity contribution in [3.63, 3.8) is 0 Å². The molecule has 1 aliphatic heterocycles. The third-order valence-electron chi connectivity index (χ3n) is 9.08. The molecule has 3 N–H and O–H groups in total. The first-order valence-electron chi connectivity index (χ1n) is 16.6. The van der Waals surface area contributed by atoms with Crippen LogP contribution in [0.4, 0.5) is 16.2 Å². The van der Waals surface area contributed by atoms with Crippen molar-refractivity contribution in [2.75, 3.05) is 25.6 Å². The van der Waals surface area contributed by atoms with Crippen LogP contribution in [0.25, 0.3) is 0 Å². The number of benzene rings is 2. The number of nitrogens with two attached hydrogens (primary N) is 1. The quantitative estimate of drug-likeness (QED) is 0.214. The smallest absolute Gasteiger partial charge is 0.411 e. The van der Waals surface area contributed by atoms with Crippen LogP contribution in [0.3, 0.4) is 0 Å². The van der Waals surface area contributed by atoms with E-state index in [0.717, 1.165) is 36.9 Å². The molecule has 0 spiro atoms. The summed E-state index contributed by atoms with van der Waals surface area (Å²) < 4.78 is 16.1. The minimum Gasteiger partial charge on any atom is -0.494 e. The van der Waals surface area contributed by atoms with Crippen molar-refractivity contribution in [1.82, 2.24) is 9.80 Å². The van der Waals surface area contributed by atoms with Crippen LogP contribution in [-0.2, 0) is 32.2 Å². The van der Waals surface area contributed by atoms with Crippen molar-refractivity contribution in [3.05, 3.63) is 53.6 Å². The van der Waals surface area contributed by atoms with Crippen molar-refractivity contribution in [1.29, 1.82) is 0 Å². The SMILES string of the molecule is COC(=O)Nc1cccc(COC(=O)CN2Cc3cc(OCCCC(=O)N(C4CCCCC4)C4CCCCC4)ccc3N=C2N)c1. The van der Waals surface area contributed by atoms with E-state index in [4.69, 9.17) is 15.2 Å². The average molecular weight is 634 g/mol. The summed E-state index contributed by atoms with van der Waals surface area (Å²) in [5.74, 6) is 0.758. The number of amides is 2. The van der Waals surface area contributed by atoms with E-state index in [0.29, 0.717) is 55.1 Å². The topological polar surface area (TPSA) is 136 Å². The molecule has 46 heavy (non-hydrogen) atoms. The van der Waals surface area contributed by atoms with Crippen LogP contribution >= 0.6 is 0 Å². The van der Waals surface area contributed by atoms with Crippen LogP contribution in [-0.4, -0.2) is 66.1 Å². The van der Waals surface area contributed by atoms with Gasteiger partial charge in [0.15, 0.2) is 5.96 Å². The van der Waals surface area contributed by atoms with Gasteiger partial charge < -0.3 is 29.7 Å². The molecule has 11 nitrogen and oxygen atoms in total. The second kappa shape index (κ2) is 16.3. The Bertz CT molecular complexity index is 1370. The van der Waals surface area contributed by atoms with Crippen molar-refractivity contribution < 1.29 is 28.6 Å². The molecular weight excluding hydrogens is 586 g/mol. The van der Waals surface area contributed by atoms with Crippen LogP contribution in [0, 0.1) is 0 Å². The number of aliphatic imine (C=N–C) groups is 1. The van der Waals surface area contributed by atoms with Gasteiger partial charge in [-0.3, -0.25) is 14.9 Å². The minimum atomic E-state index is -0.580. The fraction of sp³-hybridized carbons (Fsp3) is 0.543. The second-order valence-electron chi connectivity index (χ2n) is 12.4. The molecule has 3 aliphatic rings. The predicted octanol–water partition coefficient (Wildman–Crippen LogP) is 6.02. The van der Waals surface area contributed by atoms with Gasteiger partial charge in [0.25, 0.3) is 0 Å². The summed E-state index contributed by atoms with van der Waals surface area (Å²) in [5.41, 5.74) is 9.04. The Morgan fingerprint density at radius 3 is 2.39 bits per heavy atom. The maximum absolute atomic E-state index is 13.5. The number of hydrogen-bond donors (Lipinski definition) is 2. The Morgan fingerprint density at radius 2 is 1.70 bits per heavy atom. The molecule has 2 aromatic rings. The van der Waals surface area contributed by atoms with Gasteiger partial charge >= 0.3 is 12.1 Å². The Balaban J connectivity index is 1.09. The van der Waals surface area contributed by atoms with E-state index in [-0.39, 0.29) is 25.0 Å². The summed E-state index contributed by atoms with van der Waals surface area (Å²) in [6, 6.07) is 13.4. The van der Waals surface area contributed by atoms with Gasteiger partial charge in [0, 0.05) is 36.3 Å². The van der Waals surface area contributed by atoms with E-state index in [2.05, 4.69) is 19.9 Å². The first-order chi connectivity index (χ1) is 22.4. The molecule has 0 radical (unpaired) electrons. The molecule has 248 valence electrons. The fourth-order valence-corrected chi connectivity index (χ4v) is 6.74. The lowest BCUT2D eigenvalue weighted by Crippen LogP contribution is -2.48. The van der Waals surface area contributed by atoms with Crippen LogP contribution in [0.2, 0.25) is 0 Å². The lowest BCUT2D eigenvalue weighted by atomic mass is 9.88. The summed E-state index contributed by atoms with van der Waals surface area (Å²) in [7, 11) is 1.29. The zero-order valence-corrected chi connectivity index (χ0v) is 26.9. The number of carbonyl (C=O) groups is 3. The average Bonchev–Trinajstić information content (AvgIpc) is 3.07. The van der Waals surface area contributed by atoms with Gasteiger partial charge in [-0.15, -0.1) is 0 Å². The van der Waals surface area contributed by atoms with Gasteiger partial charge in [-0.2, -0.15) is 0 Å². The number of nitrogens with zero attached hydrogens (tertiary/aromatic N) is 3. The highest BCUT2D eigenvalue weighted by molar-refractivity contribution is 5.87. The van der Waals surface area contributed by atoms with Crippen LogP contribution in [0.15, 0.2) is 47.5 Å². The summed E-state index contributed by atoms with van der Waals surface area (Å²) in [6.45, 7) is 0.800. The third kappa shape index (κ3) is 9.14. The number of fused-ring (bicyclic) bond motifs is 1. The Labute approximate surface area is 271 Å². The van der Waals surface area contributed by atoms with Gasteiger partial charge in [0.05, 0.1) is 19.4 Å². The molecule has 2 saturated carbocycles. The number of anilines is 1. The number of methoxy groups -OCH3 is 1. The molecule has 11 heteroatoms. The Morgan fingerprint density at radius 1 is 0.978 bits per heavy atom. The number of nitrogens with one attached hydrogen (secondary N) is 1. The van der Waals surface area contributed by atoms with Crippen molar-refractivity contribution in [2.24, 2.45) is 10.7 Å². The standard InChI is InChI=1S/C35H47N5O6/c1-44-35(43)37-27-11-8-10-25(20-27)24-46-33(42)23-39-22-26-21-30(17-18-31(26)38-34(39)36)45-19-9-16-32(41)40(28-12-4-2-5-13-28)29-14-6-3-7-15-29/h8,10-11,17-18,20-21,28-29H,2-7,9,12-16,19,22-24H2,1H3,(H2,36,38)(H,37,43). The highest BCUT2D eigenvalue weighted by atomic mass is 16.5. The molecule has 0 saturated heterocycles. The van der Waals surface area contributed by atoms with Gasteiger partial charge in [-0.1, -0.05) is 50.7 Å². The normalized spacial score (nSPS) is 17.0. The zero-order chi connectivity index (χ0) is 32.3. The second-order valence-corrected chi connectivity index (χ2v) is 12.4. The van der Waals surface area contributed by atoms with Gasteiger partial charge in [-0.25, -0.2) is 9.79 Å². The van der Waals surface area contributed by atoms with Crippen molar-refractivity contribution in [3.8, 4) is 5.75 Å². The maximum Gasteiger partial charge on any atom is 0.411 e. The third-order valence-corrected chi connectivity index (χ3v) is 9.08. The number of guanidine groups is 1. The number of ether oxygens (including phenoxy) is 3. The van der Waals surface area contributed by atoms with E-state index >= 15 is 0 Å². The molecule has 0 unspecified atom stereocenters. The molecule has 5 rings (SSSR count). The molecule has 0 aromatic heterocycles. The number of rotatable bonds is 12. The van der Waals surface area contributed by atoms with E-state index in [1.165, 1.54) is 45.6 Å². The summed E-state index contributed by atoms with van der Waals surface area (Å²) in [4.78, 5) is 46.0. The van der Waals surface area contributed by atoms with Crippen LogP contribution < -0.4 is 15.8 Å². The molecule has 2 fully saturated rings. The minimum absolute atomic E-state index is 0.0383. The molecule has 2 aromatic carbocycles. The van der Waals surface area contributed by atoms with E-state index in [1.807, 2.05) is 18.2 Å². The van der Waals surface area contributed by atoms with Gasteiger partial charge in [0.2, 0.25) is 5.91 Å². The largest absolute Gasteiger partial charge is 0.494 e. The van der Waals surface area contributed by atoms with Gasteiger partial charge in [-0.05, 0) is 68.0 Å². The predicted molar refractivity (Wildman–Crippen MR) is 176 cm³/mol.